The Labute approximate surface area is 109 Å². The molecule has 1 aliphatic rings. The predicted molar refractivity (Wildman–Crippen MR) is 73.4 cm³/mol. The van der Waals surface area contributed by atoms with Gasteiger partial charge in [0.1, 0.15) is 0 Å². The van der Waals surface area contributed by atoms with Crippen molar-refractivity contribution in [2.45, 2.75) is 32.8 Å². The minimum absolute atomic E-state index is 0.311. The minimum Gasteiger partial charge on any atom is -0.376 e. The van der Waals surface area contributed by atoms with E-state index >= 15 is 0 Å². The topological polar surface area (TPSA) is 29.5 Å². The first kappa shape index (κ1) is 13.1. The number of carbonyl (C=O) groups is 1. The van der Waals surface area contributed by atoms with E-state index in [2.05, 4.69) is 17.9 Å². The second-order valence-corrected chi connectivity index (χ2v) is 4.85. The van der Waals surface area contributed by atoms with E-state index in [4.69, 9.17) is 4.74 Å². The number of nitrogens with zero attached hydrogens (tertiary/aromatic N) is 1. The third-order valence-electron chi connectivity index (χ3n) is 3.48. The van der Waals surface area contributed by atoms with Gasteiger partial charge in [-0.3, -0.25) is 4.79 Å². The number of hydrogen-bond donors (Lipinski definition) is 0. The highest BCUT2D eigenvalue weighted by Crippen LogP contribution is 2.23. The monoisotopic (exact) mass is 247 g/mol. The Morgan fingerprint density at radius 3 is 2.94 bits per heavy atom. The molecular weight excluding hydrogens is 226 g/mol. The van der Waals surface area contributed by atoms with Crippen LogP contribution in [0.2, 0.25) is 0 Å². The summed E-state index contributed by atoms with van der Waals surface area (Å²) in [5.41, 5.74) is 2.91. The van der Waals surface area contributed by atoms with Crippen molar-refractivity contribution < 1.29 is 9.53 Å². The molecule has 18 heavy (non-hydrogen) atoms. The van der Waals surface area contributed by atoms with Gasteiger partial charge in [-0.05, 0) is 38.8 Å². The molecule has 1 aliphatic heterocycles. The molecule has 1 unspecified atom stereocenters. The molecule has 0 saturated carbocycles. The molecule has 0 bridgehead atoms. The summed E-state index contributed by atoms with van der Waals surface area (Å²) in [4.78, 5) is 13.4. The molecule has 3 nitrogen and oxygen atoms in total. The molecular formula is C15H21NO2. The third kappa shape index (κ3) is 2.91. The number of anilines is 1. The van der Waals surface area contributed by atoms with Crippen molar-refractivity contribution in [3.05, 3.63) is 29.3 Å². The molecule has 0 radical (unpaired) electrons. The number of aldehydes is 1. The fourth-order valence-corrected chi connectivity index (χ4v) is 2.49. The maximum Gasteiger partial charge on any atom is 0.152 e. The Kier molecular flexibility index (Phi) is 4.37. The van der Waals surface area contributed by atoms with Crippen LogP contribution in [-0.4, -0.2) is 32.1 Å². The zero-order valence-corrected chi connectivity index (χ0v) is 11.2. The SMILES string of the molecule is CCN(CC1CCCO1)c1ccc(C)cc1C=O. The summed E-state index contributed by atoms with van der Waals surface area (Å²) in [7, 11) is 0. The zero-order chi connectivity index (χ0) is 13.0. The lowest BCUT2D eigenvalue weighted by molar-refractivity contribution is 0.111. The highest BCUT2D eigenvalue weighted by Gasteiger charge is 2.20. The first-order valence-electron chi connectivity index (χ1n) is 6.67. The van der Waals surface area contributed by atoms with Gasteiger partial charge in [-0.25, -0.2) is 0 Å². The van der Waals surface area contributed by atoms with Crippen molar-refractivity contribution >= 4 is 12.0 Å². The number of aryl methyl sites for hydroxylation is 1. The Hall–Kier alpha value is -1.35. The van der Waals surface area contributed by atoms with Crippen molar-refractivity contribution in [2.75, 3.05) is 24.6 Å². The molecule has 1 atom stereocenters. The summed E-state index contributed by atoms with van der Waals surface area (Å²) in [6.07, 6.45) is 3.53. The Balaban J connectivity index is 2.17. The van der Waals surface area contributed by atoms with Crippen LogP contribution in [0.5, 0.6) is 0 Å². The molecule has 0 aromatic heterocycles. The number of ether oxygens (including phenoxy) is 1. The van der Waals surface area contributed by atoms with E-state index in [1.54, 1.807) is 0 Å². The molecule has 0 aliphatic carbocycles. The van der Waals surface area contributed by atoms with Crippen LogP contribution in [0.4, 0.5) is 5.69 Å². The van der Waals surface area contributed by atoms with Crippen molar-refractivity contribution in [2.24, 2.45) is 0 Å². The van der Waals surface area contributed by atoms with Crippen molar-refractivity contribution in [3.8, 4) is 0 Å². The van der Waals surface area contributed by atoms with Crippen molar-refractivity contribution in [1.82, 2.24) is 0 Å². The summed E-state index contributed by atoms with van der Waals surface area (Å²) in [6.45, 7) is 6.76. The third-order valence-corrected chi connectivity index (χ3v) is 3.48. The second-order valence-electron chi connectivity index (χ2n) is 4.85. The quantitative estimate of drug-likeness (QED) is 0.749. The highest BCUT2D eigenvalue weighted by molar-refractivity contribution is 5.85. The number of likely N-dealkylation sites (N-methyl/N-ethyl adjacent to an activating group) is 1. The molecule has 1 fully saturated rings. The molecule has 1 heterocycles. The van der Waals surface area contributed by atoms with Crippen LogP contribution in [0, 0.1) is 6.92 Å². The van der Waals surface area contributed by atoms with Crippen LogP contribution in [0.1, 0.15) is 35.7 Å². The van der Waals surface area contributed by atoms with Crippen LogP contribution < -0.4 is 4.90 Å². The van der Waals surface area contributed by atoms with Gasteiger partial charge in [0.15, 0.2) is 6.29 Å². The van der Waals surface area contributed by atoms with Crippen LogP contribution >= 0.6 is 0 Å². The lowest BCUT2D eigenvalue weighted by atomic mass is 10.1. The van der Waals surface area contributed by atoms with Crippen LogP contribution in [0.3, 0.4) is 0 Å². The average Bonchev–Trinajstić information content (AvgIpc) is 2.89. The van der Waals surface area contributed by atoms with Gasteiger partial charge in [-0.1, -0.05) is 11.6 Å². The van der Waals surface area contributed by atoms with Gasteiger partial charge in [0.05, 0.1) is 6.10 Å². The molecule has 98 valence electrons. The molecule has 1 aromatic carbocycles. The largest absolute Gasteiger partial charge is 0.376 e. The molecule has 1 aromatic rings. The first-order chi connectivity index (χ1) is 8.74. The van der Waals surface area contributed by atoms with E-state index in [0.29, 0.717) is 6.10 Å². The maximum absolute atomic E-state index is 11.2. The van der Waals surface area contributed by atoms with Crippen LogP contribution in [0.25, 0.3) is 0 Å². The normalized spacial score (nSPS) is 18.9. The number of rotatable bonds is 5. The Morgan fingerprint density at radius 1 is 1.50 bits per heavy atom. The van der Waals surface area contributed by atoms with Crippen molar-refractivity contribution in [1.29, 1.82) is 0 Å². The molecule has 2 rings (SSSR count). The van der Waals surface area contributed by atoms with Gasteiger partial charge < -0.3 is 9.64 Å². The van der Waals surface area contributed by atoms with Crippen LogP contribution in [0.15, 0.2) is 18.2 Å². The van der Waals surface area contributed by atoms with Gasteiger partial charge in [0.25, 0.3) is 0 Å². The molecule has 0 amide bonds. The molecule has 0 N–H and O–H groups in total. The lowest BCUT2D eigenvalue weighted by Crippen LogP contribution is -2.32. The smallest absolute Gasteiger partial charge is 0.152 e. The van der Waals surface area contributed by atoms with Gasteiger partial charge >= 0.3 is 0 Å². The van der Waals surface area contributed by atoms with Crippen molar-refractivity contribution in [3.63, 3.8) is 0 Å². The zero-order valence-electron chi connectivity index (χ0n) is 11.2. The van der Waals surface area contributed by atoms with Gasteiger partial charge in [-0.15, -0.1) is 0 Å². The first-order valence-corrected chi connectivity index (χ1v) is 6.67. The minimum atomic E-state index is 0.311. The predicted octanol–water partition coefficient (Wildman–Crippen LogP) is 2.81. The summed E-state index contributed by atoms with van der Waals surface area (Å²) in [6, 6.07) is 6.04. The molecule has 0 spiro atoms. The number of hydrogen-bond acceptors (Lipinski definition) is 3. The van der Waals surface area contributed by atoms with E-state index in [0.717, 1.165) is 55.6 Å². The van der Waals surface area contributed by atoms with Gasteiger partial charge in [0, 0.05) is 30.9 Å². The fraction of sp³-hybridized carbons (Fsp3) is 0.533. The summed E-state index contributed by atoms with van der Waals surface area (Å²) in [5.74, 6) is 0. The number of carbonyl (C=O) groups excluding carboxylic acids is 1. The average molecular weight is 247 g/mol. The fourth-order valence-electron chi connectivity index (χ4n) is 2.49. The molecule has 1 saturated heterocycles. The van der Waals surface area contributed by atoms with Crippen LogP contribution in [-0.2, 0) is 4.74 Å². The number of benzene rings is 1. The van der Waals surface area contributed by atoms with E-state index < -0.39 is 0 Å². The van der Waals surface area contributed by atoms with E-state index in [9.17, 15) is 4.79 Å². The summed E-state index contributed by atoms with van der Waals surface area (Å²) in [5, 5.41) is 0. The van der Waals surface area contributed by atoms with E-state index in [-0.39, 0.29) is 0 Å². The molecule has 3 heteroatoms. The standard InChI is InChI=1S/C15H21NO2/c1-3-16(10-14-5-4-8-18-14)15-7-6-12(2)9-13(15)11-17/h6-7,9,11,14H,3-5,8,10H2,1-2H3. The van der Waals surface area contributed by atoms with Gasteiger partial charge in [-0.2, -0.15) is 0 Å². The Bertz CT molecular complexity index is 411. The van der Waals surface area contributed by atoms with Gasteiger partial charge in [0.2, 0.25) is 0 Å². The second kappa shape index (κ2) is 6.01. The lowest BCUT2D eigenvalue weighted by Gasteiger charge is -2.27. The maximum atomic E-state index is 11.2. The Morgan fingerprint density at radius 2 is 2.33 bits per heavy atom. The van der Waals surface area contributed by atoms with E-state index in [1.807, 2.05) is 19.1 Å². The van der Waals surface area contributed by atoms with E-state index in [1.165, 1.54) is 0 Å². The summed E-state index contributed by atoms with van der Waals surface area (Å²) >= 11 is 0. The summed E-state index contributed by atoms with van der Waals surface area (Å²) < 4.78 is 5.67. The highest BCUT2D eigenvalue weighted by atomic mass is 16.5.